The van der Waals surface area contributed by atoms with Crippen molar-refractivity contribution in [3.63, 3.8) is 0 Å². The van der Waals surface area contributed by atoms with Crippen molar-refractivity contribution in [1.82, 2.24) is 24.4 Å². The van der Waals surface area contributed by atoms with E-state index in [1.54, 1.807) is 36.4 Å². The Labute approximate surface area is 311 Å². The van der Waals surface area contributed by atoms with E-state index in [0.717, 1.165) is 29.9 Å². The SMILES string of the molecule is CCN(CC)CC(=O)Nc1c(C)cccc1C.Nc1nc2c(ncn2COCCO)c(=O)[nH]1.O=C(O)Cc1ccccc1Nc1c(Cl)cccc1Cl. The van der Waals surface area contributed by atoms with Gasteiger partial charge in [-0.05, 0) is 61.8 Å². The minimum atomic E-state index is -0.889. The smallest absolute Gasteiger partial charge is 0.307 e. The first-order valence-corrected chi connectivity index (χ1v) is 17.1. The predicted octanol–water partition coefficient (Wildman–Crippen LogP) is 5.62. The van der Waals surface area contributed by atoms with Crippen LogP contribution in [0.3, 0.4) is 0 Å². The van der Waals surface area contributed by atoms with E-state index in [-0.39, 0.29) is 49.3 Å². The van der Waals surface area contributed by atoms with Gasteiger partial charge in [-0.2, -0.15) is 4.98 Å². The van der Waals surface area contributed by atoms with Gasteiger partial charge in [-0.3, -0.25) is 28.8 Å². The van der Waals surface area contributed by atoms with E-state index in [0.29, 0.717) is 39.2 Å². The van der Waals surface area contributed by atoms with Crippen LogP contribution in [0.2, 0.25) is 10.0 Å². The van der Waals surface area contributed by atoms with E-state index in [1.165, 1.54) is 10.9 Å². The molecule has 0 aliphatic heterocycles. The van der Waals surface area contributed by atoms with E-state index in [4.69, 9.17) is 43.9 Å². The van der Waals surface area contributed by atoms with Crippen LogP contribution in [-0.2, 0) is 27.5 Å². The Bertz CT molecular complexity index is 1960. The van der Waals surface area contributed by atoms with Crippen LogP contribution in [0.4, 0.5) is 23.0 Å². The maximum atomic E-state index is 11.9. The number of amides is 1. The number of carbonyl (C=O) groups is 2. The van der Waals surface area contributed by atoms with E-state index in [1.807, 2.05) is 38.1 Å². The van der Waals surface area contributed by atoms with Crippen LogP contribution in [0.5, 0.6) is 0 Å². The van der Waals surface area contributed by atoms with Gasteiger partial charge in [0.25, 0.3) is 5.56 Å². The Morgan fingerprint density at radius 2 is 1.62 bits per heavy atom. The summed E-state index contributed by atoms with van der Waals surface area (Å²) < 4.78 is 6.63. The van der Waals surface area contributed by atoms with Crippen molar-refractivity contribution in [2.24, 2.45) is 0 Å². The van der Waals surface area contributed by atoms with Gasteiger partial charge >= 0.3 is 5.97 Å². The van der Waals surface area contributed by atoms with Gasteiger partial charge in [-0.15, -0.1) is 0 Å². The summed E-state index contributed by atoms with van der Waals surface area (Å²) in [5.41, 5.74) is 10.7. The number of nitrogens with one attached hydrogen (secondary N) is 3. The maximum absolute atomic E-state index is 11.9. The molecule has 0 aliphatic carbocycles. The summed E-state index contributed by atoms with van der Waals surface area (Å²) in [5.74, 6) is -0.799. The number of carboxylic acid groups (broad SMARTS) is 1. The molecule has 5 aromatic rings. The number of carboxylic acids is 1. The van der Waals surface area contributed by atoms with Crippen LogP contribution >= 0.6 is 23.2 Å². The number of benzene rings is 3. The van der Waals surface area contributed by atoms with E-state index in [9.17, 15) is 14.4 Å². The number of likely N-dealkylation sites (N-methyl/N-ethyl adjacent to an activating group) is 1. The number of aliphatic hydroxyl groups is 1. The number of aliphatic carboxylic acids is 1. The second-order valence-electron chi connectivity index (χ2n) is 11.3. The zero-order chi connectivity index (χ0) is 38.2. The third-order valence-electron chi connectivity index (χ3n) is 7.55. The minimum absolute atomic E-state index is 0.0291. The first kappa shape index (κ1) is 41.4. The molecule has 52 heavy (non-hydrogen) atoms. The number of carbonyl (C=O) groups excluding carboxylic acids is 1. The van der Waals surface area contributed by atoms with Gasteiger partial charge in [0, 0.05) is 11.4 Å². The summed E-state index contributed by atoms with van der Waals surface area (Å²) >= 11 is 12.1. The molecule has 7 N–H and O–H groups in total. The topological polar surface area (TPSA) is 201 Å². The largest absolute Gasteiger partial charge is 0.481 e. The molecule has 0 aliphatic rings. The normalized spacial score (nSPS) is 10.6. The summed E-state index contributed by atoms with van der Waals surface area (Å²) in [6.45, 7) is 10.7. The number of halogens is 2. The molecule has 3 aromatic carbocycles. The molecule has 0 bridgehead atoms. The number of nitrogens with zero attached hydrogens (tertiary/aromatic N) is 4. The lowest BCUT2D eigenvalue weighted by Crippen LogP contribution is -2.33. The first-order valence-electron chi connectivity index (χ1n) is 16.4. The number of nitrogen functional groups attached to an aromatic ring is 1. The second kappa shape index (κ2) is 20.8. The number of rotatable bonds is 13. The molecule has 0 spiro atoms. The first-order chi connectivity index (χ1) is 24.9. The molecule has 0 unspecified atom stereocenters. The van der Waals surface area contributed by atoms with Gasteiger partial charge in [0.05, 0.1) is 48.2 Å². The average Bonchev–Trinajstić information content (AvgIpc) is 3.51. The molecule has 2 aromatic heterocycles. The number of aryl methyl sites for hydroxylation is 2. The van der Waals surface area contributed by atoms with Gasteiger partial charge in [-0.1, -0.05) is 79.5 Å². The van der Waals surface area contributed by atoms with Crippen LogP contribution < -0.4 is 21.9 Å². The van der Waals surface area contributed by atoms with Crippen LogP contribution in [0.15, 0.2) is 71.8 Å². The number of nitrogens with two attached hydrogens (primary N) is 1. The van der Waals surface area contributed by atoms with Crippen molar-refractivity contribution in [3.05, 3.63) is 104 Å². The Kier molecular flexibility index (Phi) is 16.5. The molecule has 2 heterocycles. The Morgan fingerprint density at radius 3 is 2.23 bits per heavy atom. The lowest BCUT2D eigenvalue weighted by atomic mass is 10.1. The highest BCUT2D eigenvalue weighted by Crippen LogP contribution is 2.33. The quantitative estimate of drug-likeness (QED) is 0.0816. The molecule has 14 nitrogen and oxygen atoms in total. The molecule has 1 amide bonds. The molecule has 0 saturated carbocycles. The summed E-state index contributed by atoms with van der Waals surface area (Å²) in [7, 11) is 0. The lowest BCUT2D eigenvalue weighted by Gasteiger charge is -2.18. The molecule has 0 fully saturated rings. The standard InChI is InChI=1S/C14H11Cl2NO2.C14H22N2O.C8H11N5O3/c15-10-5-3-6-11(16)14(10)17-12-7-2-1-4-9(12)8-13(18)19;1-5-16(6-2)10-13(17)15-14-11(3)8-7-9-12(14)4;9-8-11-6-5(7(15)12-8)10-3-13(6)4-16-2-1-14/h1-7,17H,8H2,(H,18,19);7-9H,5-6,10H2,1-4H3,(H,15,17);3,14H,1-2,4H2,(H3,9,11,12,15). The molecule has 0 radical (unpaired) electrons. The molecule has 16 heteroatoms. The van der Waals surface area contributed by atoms with Gasteiger partial charge in [-0.25, -0.2) is 4.98 Å². The van der Waals surface area contributed by atoms with Gasteiger partial charge in [0.1, 0.15) is 6.73 Å². The zero-order valence-electron chi connectivity index (χ0n) is 29.5. The van der Waals surface area contributed by atoms with E-state index >= 15 is 0 Å². The van der Waals surface area contributed by atoms with Crippen LogP contribution in [0.1, 0.15) is 30.5 Å². The number of aliphatic hydroxyl groups excluding tert-OH is 1. The number of anilines is 4. The molecular formula is C36H44Cl2N8O6. The fourth-order valence-corrected chi connectivity index (χ4v) is 5.34. The lowest BCUT2D eigenvalue weighted by molar-refractivity contribution is -0.136. The van der Waals surface area contributed by atoms with Crippen LogP contribution in [-0.4, -0.2) is 79.4 Å². The van der Waals surface area contributed by atoms with Crippen molar-refractivity contribution in [2.45, 2.75) is 40.8 Å². The zero-order valence-corrected chi connectivity index (χ0v) is 31.0. The predicted molar refractivity (Wildman–Crippen MR) is 205 cm³/mol. The van der Waals surface area contributed by atoms with Crippen molar-refractivity contribution in [3.8, 4) is 0 Å². The number of fused-ring (bicyclic) bond motifs is 1. The summed E-state index contributed by atoms with van der Waals surface area (Å²) in [6.07, 6.45) is 1.37. The number of imidazole rings is 1. The van der Waals surface area contributed by atoms with Gasteiger partial charge < -0.3 is 31.3 Å². The minimum Gasteiger partial charge on any atom is -0.481 e. The molecular weight excluding hydrogens is 711 g/mol. The number of ether oxygens (including phenoxy) is 1. The van der Waals surface area contributed by atoms with E-state index < -0.39 is 5.97 Å². The Morgan fingerprint density at radius 1 is 0.981 bits per heavy atom. The van der Waals surface area contributed by atoms with Gasteiger partial charge in [0.2, 0.25) is 11.9 Å². The highest BCUT2D eigenvalue weighted by molar-refractivity contribution is 6.39. The average molecular weight is 756 g/mol. The van der Waals surface area contributed by atoms with Crippen molar-refractivity contribution in [2.75, 3.05) is 49.2 Å². The number of hydrogen-bond donors (Lipinski definition) is 6. The highest BCUT2D eigenvalue weighted by Gasteiger charge is 2.12. The Hall–Kier alpha value is -4.99. The second-order valence-corrected chi connectivity index (χ2v) is 12.1. The van der Waals surface area contributed by atoms with Gasteiger partial charge in [0.15, 0.2) is 11.2 Å². The molecule has 0 atom stereocenters. The van der Waals surface area contributed by atoms with Crippen molar-refractivity contribution in [1.29, 1.82) is 0 Å². The third kappa shape index (κ3) is 12.4. The monoisotopic (exact) mass is 754 g/mol. The molecule has 5 rings (SSSR count). The molecule has 278 valence electrons. The summed E-state index contributed by atoms with van der Waals surface area (Å²) in [4.78, 5) is 46.4. The summed E-state index contributed by atoms with van der Waals surface area (Å²) in [5, 5.41) is 24.5. The fourth-order valence-electron chi connectivity index (χ4n) is 4.84. The number of aromatic amines is 1. The number of hydrogen-bond acceptors (Lipinski definition) is 10. The van der Waals surface area contributed by atoms with Crippen molar-refractivity contribution < 1.29 is 24.5 Å². The maximum Gasteiger partial charge on any atom is 0.307 e. The van der Waals surface area contributed by atoms with E-state index in [2.05, 4.69) is 44.3 Å². The number of para-hydroxylation sites is 3. The van der Waals surface area contributed by atoms with Crippen LogP contribution in [0.25, 0.3) is 11.2 Å². The fraction of sp³-hybridized carbons (Fsp3) is 0.306. The van der Waals surface area contributed by atoms with Crippen molar-refractivity contribution >= 4 is 69.3 Å². The third-order valence-corrected chi connectivity index (χ3v) is 8.18. The Balaban J connectivity index is 0.000000211. The number of aromatic nitrogens is 4. The number of H-pyrrole nitrogens is 1. The van der Waals surface area contributed by atoms with Crippen LogP contribution in [0, 0.1) is 13.8 Å². The summed E-state index contributed by atoms with van der Waals surface area (Å²) in [6, 6.07) is 18.4. The highest BCUT2D eigenvalue weighted by atomic mass is 35.5. The molecule has 0 saturated heterocycles.